The molecule has 0 aliphatic heterocycles. The normalized spacial score (nSPS) is 11.5. The van der Waals surface area contributed by atoms with Gasteiger partial charge in [0, 0.05) is 31.2 Å². The number of fused-ring (bicyclic) bond motifs is 1. The number of hydrogen-bond acceptors (Lipinski definition) is 6. The van der Waals surface area contributed by atoms with Gasteiger partial charge >= 0.3 is 0 Å². The average Bonchev–Trinajstić information content (AvgIpc) is 3.25. The smallest absolute Gasteiger partial charge is 0.233 e. The van der Waals surface area contributed by atoms with Gasteiger partial charge in [-0.25, -0.2) is 18.4 Å². The number of imidazole rings is 1. The molecule has 158 valence electrons. The fourth-order valence-electron chi connectivity index (χ4n) is 3.32. The van der Waals surface area contributed by atoms with E-state index in [1.807, 2.05) is 6.92 Å². The Morgan fingerprint density at radius 1 is 1.10 bits per heavy atom. The van der Waals surface area contributed by atoms with Gasteiger partial charge in [-0.1, -0.05) is 18.2 Å². The SMILES string of the molecule is COc1ccc(C)cc1S(=O)(=O)c1ccc(CCC(=O)c2cnc3nccn3c2)cc1. The quantitative estimate of drug-likeness (QED) is 0.411. The highest BCUT2D eigenvalue weighted by atomic mass is 32.2. The van der Waals surface area contributed by atoms with E-state index in [4.69, 9.17) is 4.74 Å². The minimum absolute atomic E-state index is 0.0377. The average molecular weight is 436 g/mol. The Hall–Kier alpha value is -3.52. The molecule has 7 nitrogen and oxygen atoms in total. The largest absolute Gasteiger partial charge is 0.495 e. The molecule has 4 aromatic rings. The second-order valence-electron chi connectivity index (χ2n) is 7.20. The second-order valence-corrected chi connectivity index (χ2v) is 9.12. The fraction of sp³-hybridized carbons (Fsp3) is 0.174. The zero-order valence-corrected chi connectivity index (χ0v) is 18.0. The molecule has 2 heterocycles. The standard InChI is InChI=1S/C23H21N3O4S/c1-16-3-10-21(30-2)22(13-16)31(28,29)19-7-4-17(5-8-19)6-9-20(27)18-14-25-23-24-11-12-26(23)15-18/h3-5,7-8,10-15H,6,9H2,1-2H3. The summed E-state index contributed by atoms with van der Waals surface area (Å²) < 4.78 is 33.1. The van der Waals surface area contributed by atoms with Crippen LogP contribution in [0.3, 0.4) is 0 Å². The van der Waals surface area contributed by atoms with Crippen LogP contribution in [0.5, 0.6) is 5.75 Å². The molecule has 0 fully saturated rings. The maximum atomic E-state index is 13.1. The van der Waals surface area contributed by atoms with Gasteiger partial charge in [-0.05, 0) is 48.7 Å². The summed E-state index contributed by atoms with van der Waals surface area (Å²) in [4.78, 5) is 21.1. The van der Waals surface area contributed by atoms with E-state index in [1.54, 1.807) is 65.5 Å². The number of nitrogens with zero attached hydrogens (tertiary/aromatic N) is 3. The van der Waals surface area contributed by atoms with Crippen LogP contribution in [0.4, 0.5) is 0 Å². The number of benzene rings is 2. The lowest BCUT2D eigenvalue weighted by Gasteiger charge is -2.11. The van der Waals surface area contributed by atoms with Gasteiger partial charge < -0.3 is 4.74 Å². The Labute approximate surface area is 180 Å². The maximum Gasteiger partial charge on any atom is 0.233 e. The molecular weight excluding hydrogens is 414 g/mol. The maximum absolute atomic E-state index is 13.1. The fourth-order valence-corrected chi connectivity index (χ4v) is 4.82. The van der Waals surface area contributed by atoms with Crippen molar-refractivity contribution in [2.24, 2.45) is 0 Å². The molecule has 0 radical (unpaired) electrons. The topological polar surface area (TPSA) is 90.6 Å². The van der Waals surface area contributed by atoms with Crippen LogP contribution < -0.4 is 4.74 Å². The van der Waals surface area contributed by atoms with Crippen LogP contribution in [0.25, 0.3) is 5.78 Å². The van der Waals surface area contributed by atoms with Crippen molar-refractivity contribution in [2.75, 3.05) is 7.11 Å². The third kappa shape index (κ3) is 4.20. The van der Waals surface area contributed by atoms with Crippen LogP contribution in [0.2, 0.25) is 0 Å². The summed E-state index contributed by atoms with van der Waals surface area (Å²) in [6.45, 7) is 1.83. The summed E-state index contributed by atoms with van der Waals surface area (Å²) in [7, 11) is -2.27. The number of ether oxygens (including phenoxy) is 1. The highest BCUT2D eigenvalue weighted by Gasteiger charge is 2.22. The number of rotatable bonds is 7. The molecule has 0 saturated carbocycles. The summed E-state index contributed by atoms with van der Waals surface area (Å²) in [6, 6.07) is 11.7. The van der Waals surface area contributed by atoms with Crippen molar-refractivity contribution in [3.63, 3.8) is 0 Å². The van der Waals surface area contributed by atoms with Crippen molar-refractivity contribution in [2.45, 2.75) is 29.6 Å². The first-order chi connectivity index (χ1) is 14.9. The van der Waals surface area contributed by atoms with Gasteiger partial charge in [-0.15, -0.1) is 0 Å². The van der Waals surface area contributed by atoms with E-state index in [9.17, 15) is 13.2 Å². The lowest BCUT2D eigenvalue weighted by Crippen LogP contribution is -2.06. The van der Waals surface area contributed by atoms with Crippen LogP contribution in [0.1, 0.15) is 27.9 Å². The monoisotopic (exact) mass is 435 g/mol. The van der Waals surface area contributed by atoms with Crippen molar-refractivity contribution in [1.82, 2.24) is 14.4 Å². The molecule has 0 amide bonds. The molecule has 2 aromatic heterocycles. The minimum Gasteiger partial charge on any atom is -0.495 e. The van der Waals surface area contributed by atoms with Crippen LogP contribution in [0, 0.1) is 6.92 Å². The van der Waals surface area contributed by atoms with Crippen LogP contribution in [-0.4, -0.2) is 35.7 Å². The van der Waals surface area contributed by atoms with Crippen molar-refractivity contribution in [1.29, 1.82) is 0 Å². The predicted molar refractivity (Wildman–Crippen MR) is 115 cm³/mol. The van der Waals surface area contributed by atoms with Gasteiger partial charge in [0.05, 0.1) is 17.6 Å². The van der Waals surface area contributed by atoms with Crippen molar-refractivity contribution in [3.8, 4) is 5.75 Å². The number of aromatic nitrogens is 3. The van der Waals surface area contributed by atoms with E-state index in [0.717, 1.165) is 11.1 Å². The van der Waals surface area contributed by atoms with E-state index in [2.05, 4.69) is 9.97 Å². The molecule has 0 N–H and O–H groups in total. The minimum atomic E-state index is -3.72. The lowest BCUT2D eigenvalue weighted by atomic mass is 10.0. The number of Topliss-reactive ketones (excluding diaryl/α,β-unsaturated/α-hetero) is 1. The number of hydrogen-bond donors (Lipinski definition) is 0. The summed E-state index contributed by atoms with van der Waals surface area (Å²) in [5, 5.41) is 0. The van der Waals surface area contributed by atoms with Gasteiger partial charge in [0.2, 0.25) is 15.6 Å². The number of carbonyl (C=O) groups is 1. The molecule has 0 saturated heterocycles. The van der Waals surface area contributed by atoms with E-state index in [1.165, 1.54) is 13.3 Å². The summed E-state index contributed by atoms with van der Waals surface area (Å²) in [6.07, 6.45) is 7.38. The highest BCUT2D eigenvalue weighted by molar-refractivity contribution is 7.91. The highest BCUT2D eigenvalue weighted by Crippen LogP contribution is 2.30. The Bertz CT molecular complexity index is 1360. The van der Waals surface area contributed by atoms with Crippen molar-refractivity contribution in [3.05, 3.63) is 83.9 Å². The number of ketones is 1. The molecule has 0 bridgehead atoms. The van der Waals surface area contributed by atoms with Gasteiger partial charge in [0.25, 0.3) is 0 Å². The molecule has 0 atom stereocenters. The zero-order valence-electron chi connectivity index (χ0n) is 17.1. The molecular formula is C23H21N3O4S. The molecule has 0 unspecified atom stereocenters. The van der Waals surface area contributed by atoms with E-state index >= 15 is 0 Å². The van der Waals surface area contributed by atoms with Gasteiger partial charge in [0.15, 0.2) is 5.78 Å². The molecule has 8 heteroatoms. The van der Waals surface area contributed by atoms with Gasteiger partial charge in [-0.2, -0.15) is 0 Å². The number of carbonyl (C=O) groups excluding carboxylic acids is 1. The first kappa shape index (κ1) is 20.7. The number of aryl methyl sites for hydroxylation is 2. The molecule has 0 aliphatic carbocycles. The Morgan fingerprint density at radius 2 is 1.87 bits per heavy atom. The predicted octanol–water partition coefficient (Wildman–Crippen LogP) is 3.69. The second kappa shape index (κ2) is 8.31. The number of methoxy groups -OCH3 is 1. The first-order valence-electron chi connectivity index (χ1n) is 9.69. The summed E-state index contributed by atoms with van der Waals surface area (Å²) >= 11 is 0. The number of sulfone groups is 1. The molecule has 0 aliphatic rings. The molecule has 0 spiro atoms. The molecule has 4 rings (SSSR count). The van der Waals surface area contributed by atoms with Crippen LogP contribution in [0.15, 0.2) is 77.0 Å². The van der Waals surface area contributed by atoms with E-state index in [0.29, 0.717) is 29.9 Å². The van der Waals surface area contributed by atoms with Crippen molar-refractivity contribution >= 4 is 21.4 Å². The van der Waals surface area contributed by atoms with E-state index in [-0.39, 0.29) is 15.6 Å². The van der Waals surface area contributed by atoms with Gasteiger partial charge in [-0.3, -0.25) is 9.20 Å². The zero-order chi connectivity index (χ0) is 22.0. The molecule has 31 heavy (non-hydrogen) atoms. The van der Waals surface area contributed by atoms with Gasteiger partial charge in [0.1, 0.15) is 10.6 Å². The Morgan fingerprint density at radius 3 is 2.61 bits per heavy atom. The summed E-state index contributed by atoms with van der Waals surface area (Å²) in [5.41, 5.74) is 2.22. The lowest BCUT2D eigenvalue weighted by molar-refractivity contribution is 0.0982. The molecule has 2 aromatic carbocycles. The summed E-state index contributed by atoms with van der Waals surface area (Å²) in [5.74, 6) is 0.812. The third-order valence-corrected chi connectivity index (χ3v) is 6.84. The van der Waals surface area contributed by atoms with E-state index < -0.39 is 9.84 Å². The Balaban J connectivity index is 1.49. The van der Waals surface area contributed by atoms with Crippen molar-refractivity contribution < 1.29 is 17.9 Å². The Kier molecular flexibility index (Phi) is 5.56. The van der Waals surface area contributed by atoms with Crippen LogP contribution >= 0.6 is 0 Å². The van der Waals surface area contributed by atoms with Crippen LogP contribution in [-0.2, 0) is 16.3 Å². The first-order valence-corrected chi connectivity index (χ1v) is 11.2. The third-order valence-electron chi connectivity index (χ3n) is 5.05.